The molecule has 3 heteroatoms. The lowest BCUT2D eigenvalue weighted by Crippen LogP contribution is -2.25. The highest BCUT2D eigenvalue weighted by Gasteiger charge is 2.46. The Labute approximate surface area is 162 Å². The van der Waals surface area contributed by atoms with E-state index in [0.717, 1.165) is 42.4 Å². The molecule has 0 heterocycles. The molecule has 0 radical (unpaired) electrons. The second-order valence-electron chi connectivity index (χ2n) is 8.93. The smallest absolute Gasteiger partial charge is 0.200 e. The van der Waals surface area contributed by atoms with E-state index in [0.29, 0.717) is 5.56 Å². The standard InChI is InChI=1S/C24H32F2O/c1-3-4-15-9-10-21-18(15)11-12-19(21)16-5-7-17(8-6-16)20-13-14-22(27-2)24(26)23(20)25/h3-4,13-19,21H,5-12H2,1-2H3. The predicted molar refractivity (Wildman–Crippen MR) is 105 cm³/mol. The van der Waals surface area contributed by atoms with Gasteiger partial charge in [-0.15, -0.1) is 0 Å². The molecule has 1 aromatic rings. The maximum Gasteiger partial charge on any atom is 0.200 e. The first-order valence-electron chi connectivity index (χ1n) is 10.8. The molecule has 3 aliphatic carbocycles. The predicted octanol–water partition coefficient (Wildman–Crippen LogP) is 6.88. The first-order chi connectivity index (χ1) is 13.1. The van der Waals surface area contributed by atoms with Crippen molar-refractivity contribution in [3.63, 3.8) is 0 Å². The van der Waals surface area contributed by atoms with Crippen molar-refractivity contribution in [3.8, 4) is 5.75 Å². The van der Waals surface area contributed by atoms with Crippen molar-refractivity contribution in [2.24, 2.45) is 29.6 Å². The van der Waals surface area contributed by atoms with Crippen molar-refractivity contribution in [2.45, 2.75) is 64.2 Å². The van der Waals surface area contributed by atoms with E-state index in [9.17, 15) is 8.78 Å². The summed E-state index contributed by atoms with van der Waals surface area (Å²) in [6.45, 7) is 2.14. The quantitative estimate of drug-likeness (QED) is 0.522. The van der Waals surface area contributed by atoms with Gasteiger partial charge in [-0.1, -0.05) is 18.2 Å². The van der Waals surface area contributed by atoms with Crippen LogP contribution in [0.1, 0.15) is 69.8 Å². The number of rotatable bonds is 4. The van der Waals surface area contributed by atoms with Crippen molar-refractivity contribution < 1.29 is 13.5 Å². The summed E-state index contributed by atoms with van der Waals surface area (Å²) in [7, 11) is 1.38. The molecule has 4 atom stereocenters. The number of hydrogen-bond acceptors (Lipinski definition) is 1. The Kier molecular flexibility index (Phi) is 5.57. The zero-order valence-electron chi connectivity index (χ0n) is 16.6. The maximum absolute atomic E-state index is 14.5. The molecule has 1 nitrogen and oxygen atoms in total. The van der Waals surface area contributed by atoms with E-state index in [-0.39, 0.29) is 11.7 Å². The minimum Gasteiger partial charge on any atom is -0.494 e. The first-order valence-corrected chi connectivity index (χ1v) is 10.8. The summed E-state index contributed by atoms with van der Waals surface area (Å²) in [6.07, 6.45) is 14.5. The minimum absolute atomic E-state index is 0.00106. The van der Waals surface area contributed by atoms with E-state index in [2.05, 4.69) is 19.1 Å². The number of ether oxygens (including phenoxy) is 1. The van der Waals surface area contributed by atoms with E-state index in [1.165, 1.54) is 45.6 Å². The molecule has 3 fully saturated rings. The van der Waals surface area contributed by atoms with Crippen LogP contribution in [0.3, 0.4) is 0 Å². The van der Waals surface area contributed by atoms with E-state index < -0.39 is 11.6 Å². The summed E-state index contributed by atoms with van der Waals surface area (Å²) in [4.78, 5) is 0. The van der Waals surface area contributed by atoms with Crippen LogP contribution in [-0.2, 0) is 0 Å². The Hall–Kier alpha value is -1.38. The Balaban J connectivity index is 1.40. The summed E-state index contributed by atoms with van der Waals surface area (Å²) in [5.74, 6) is 2.87. The lowest BCUT2D eigenvalue weighted by atomic mass is 9.70. The highest BCUT2D eigenvalue weighted by atomic mass is 19.2. The van der Waals surface area contributed by atoms with Crippen molar-refractivity contribution in [1.82, 2.24) is 0 Å². The molecule has 0 aromatic heterocycles. The fourth-order valence-electron chi connectivity index (χ4n) is 6.64. The number of allylic oxidation sites excluding steroid dienone is 2. The van der Waals surface area contributed by atoms with Crippen LogP contribution in [0, 0.1) is 41.2 Å². The van der Waals surface area contributed by atoms with Gasteiger partial charge in [0.25, 0.3) is 0 Å². The second-order valence-corrected chi connectivity index (χ2v) is 8.93. The van der Waals surface area contributed by atoms with Gasteiger partial charge >= 0.3 is 0 Å². The third kappa shape index (κ3) is 3.43. The van der Waals surface area contributed by atoms with Gasteiger partial charge in [-0.2, -0.15) is 4.39 Å². The average molecular weight is 375 g/mol. The van der Waals surface area contributed by atoms with Crippen LogP contribution in [0.2, 0.25) is 0 Å². The van der Waals surface area contributed by atoms with Crippen molar-refractivity contribution in [3.05, 3.63) is 41.5 Å². The molecule has 0 bridgehead atoms. The molecule has 0 aliphatic heterocycles. The molecule has 3 aliphatic rings. The molecule has 0 amide bonds. The molecular weight excluding hydrogens is 342 g/mol. The lowest BCUT2D eigenvalue weighted by Gasteiger charge is -2.35. The number of fused-ring (bicyclic) bond motifs is 1. The molecular formula is C24H32F2O. The summed E-state index contributed by atoms with van der Waals surface area (Å²) < 4.78 is 33.4. The Morgan fingerprint density at radius 3 is 2.26 bits per heavy atom. The van der Waals surface area contributed by atoms with Gasteiger partial charge in [0, 0.05) is 0 Å². The van der Waals surface area contributed by atoms with Crippen LogP contribution in [0.15, 0.2) is 24.3 Å². The minimum atomic E-state index is -0.836. The fraction of sp³-hybridized carbons (Fsp3) is 0.667. The van der Waals surface area contributed by atoms with E-state index in [1.807, 2.05) is 0 Å². The van der Waals surface area contributed by atoms with E-state index in [4.69, 9.17) is 4.74 Å². The van der Waals surface area contributed by atoms with E-state index in [1.54, 1.807) is 12.1 Å². The molecule has 4 rings (SSSR count). The second kappa shape index (κ2) is 7.93. The largest absolute Gasteiger partial charge is 0.494 e. The van der Waals surface area contributed by atoms with Crippen LogP contribution in [0.5, 0.6) is 5.75 Å². The van der Waals surface area contributed by atoms with Crippen molar-refractivity contribution >= 4 is 0 Å². The topological polar surface area (TPSA) is 9.23 Å². The van der Waals surface area contributed by atoms with Gasteiger partial charge in [0.05, 0.1) is 7.11 Å². The molecule has 27 heavy (non-hydrogen) atoms. The van der Waals surface area contributed by atoms with Gasteiger partial charge < -0.3 is 4.74 Å². The van der Waals surface area contributed by atoms with Gasteiger partial charge in [0.2, 0.25) is 5.82 Å². The summed E-state index contributed by atoms with van der Waals surface area (Å²) >= 11 is 0. The number of hydrogen-bond donors (Lipinski definition) is 0. The zero-order chi connectivity index (χ0) is 19.0. The number of methoxy groups -OCH3 is 1. The summed E-state index contributed by atoms with van der Waals surface area (Å²) in [5, 5.41) is 0. The third-order valence-electron chi connectivity index (χ3n) is 7.87. The van der Waals surface area contributed by atoms with Crippen LogP contribution in [0.25, 0.3) is 0 Å². The molecule has 4 unspecified atom stereocenters. The first kappa shape index (κ1) is 19.0. The van der Waals surface area contributed by atoms with Crippen molar-refractivity contribution in [1.29, 1.82) is 0 Å². The van der Waals surface area contributed by atoms with Gasteiger partial charge in [0.1, 0.15) is 0 Å². The zero-order valence-corrected chi connectivity index (χ0v) is 16.6. The SMILES string of the molecule is CC=CC1CCC2C1CCC2C1CCC(c2ccc(OC)c(F)c2F)CC1. The molecule has 1 aromatic carbocycles. The van der Waals surface area contributed by atoms with Gasteiger partial charge in [-0.05, 0) is 105 Å². The molecule has 0 spiro atoms. The monoisotopic (exact) mass is 374 g/mol. The summed E-state index contributed by atoms with van der Waals surface area (Å²) in [6, 6.07) is 3.30. The number of halogens is 2. The number of benzene rings is 1. The Morgan fingerprint density at radius 1 is 0.852 bits per heavy atom. The third-order valence-corrected chi connectivity index (χ3v) is 7.87. The molecule has 0 saturated heterocycles. The van der Waals surface area contributed by atoms with E-state index >= 15 is 0 Å². The van der Waals surface area contributed by atoms with Gasteiger partial charge in [0.15, 0.2) is 11.6 Å². The van der Waals surface area contributed by atoms with Crippen LogP contribution in [0.4, 0.5) is 8.78 Å². The highest BCUT2D eigenvalue weighted by molar-refractivity contribution is 5.33. The summed E-state index contributed by atoms with van der Waals surface area (Å²) in [5.41, 5.74) is 0.546. The van der Waals surface area contributed by atoms with Crippen LogP contribution in [-0.4, -0.2) is 7.11 Å². The lowest BCUT2D eigenvalue weighted by molar-refractivity contribution is 0.180. The van der Waals surface area contributed by atoms with Gasteiger partial charge in [-0.25, -0.2) is 4.39 Å². The molecule has 0 N–H and O–H groups in total. The van der Waals surface area contributed by atoms with Crippen LogP contribution >= 0.6 is 0 Å². The fourth-order valence-corrected chi connectivity index (χ4v) is 6.64. The highest BCUT2D eigenvalue weighted by Crippen LogP contribution is 2.56. The van der Waals surface area contributed by atoms with Crippen molar-refractivity contribution in [2.75, 3.05) is 7.11 Å². The maximum atomic E-state index is 14.5. The normalized spacial score (nSPS) is 36.3. The van der Waals surface area contributed by atoms with Gasteiger partial charge in [-0.3, -0.25) is 0 Å². The average Bonchev–Trinajstić information content (AvgIpc) is 3.28. The Bertz CT molecular complexity index is 690. The van der Waals surface area contributed by atoms with Crippen LogP contribution < -0.4 is 4.74 Å². The molecule has 148 valence electrons. The Morgan fingerprint density at radius 2 is 1.56 bits per heavy atom. The molecule has 3 saturated carbocycles.